The monoisotopic (exact) mass is 326 g/mol. The maximum Gasteiger partial charge on any atom is 0.128 e. The predicted octanol–water partition coefficient (Wildman–Crippen LogP) is 2.98. The van der Waals surface area contributed by atoms with Gasteiger partial charge in [0.15, 0.2) is 0 Å². The number of para-hydroxylation sites is 1. The summed E-state index contributed by atoms with van der Waals surface area (Å²) in [5.41, 5.74) is 2.41. The van der Waals surface area contributed by atoms with Crippen molar-refractivity contribution in [3.8, 4) is 11.5 Å². The number of methoxy groups -OCH3 is 1. The molecule has 1 heterocycles. The van der Waals surface area contributed by atoms with Gasteiger partial charge in [-0.15, -0.1) is 0 Å². The fraction of sp³-hybridized carbons (Fsp3) is 0.316. The van der Waals surface area contributed by atoms with E-state index in [0.29, 0.717) is 5.56 Å². The van der Waals surface area contributed by atoms with Crippen LogP contribution < -0.4 is 4.74 Å². The first-order valence-corrected chi connectivity index (χ1v) is 8.05. The van der Waals surface area contributed by atoms with Crippen LogP contribution in [0.2, 0.25) is 0 Å². The van der Waals surface area contributed by atoms with Gasteiger partial charge in [-0.3, -0.25) is 9.89 Å². The van der Waals surface area contributed by atoms with Crippen LogP contribution in [0.3, 0.4) is 0 Å². The Balaban J connectivity index is 1.75. The number of rotatable bonds is 5. The summed E-state index contributed by atoms with van der Waals surface area (Å²) >= 11 is 0. The van der Waals surface area contributed by atoms with Crippen molar-refractivity contribution in [3.63, 3.8) is 0 Å². The van der Waals surface area contributed by atoms with E-state index >= 15 is 0 Å². The highest BCUT2D eigenvalue weighted by Crippen LogP contribution is 2.24. The zero-order valence-corrected chi connectivity index (χ0v) is 13.8. The molecule has 126 valence electrons. The molecular formula is C19H22N2O3. The molecule has 1 saturated heterocycles. The van der Waals surface area contributed by atoms with Crippen LogP contribution in [0.1, 0.15) is 11.1 Å². The lowest BCUT2D eigenvalue weighted by Gasteiger charge is -2.26. The van der Waals surface area contributed by atoms with Gasteiger partial charge in [0.05, 0.1) is 26.0 Å². The number of phenols is 1. The lowest BCUT2D eigenvalue weighted by molar-refractivity contribution is 0.0339. The number of aromatic hydroxyl groups is 1. The molecule has 0 spiro atoms. The maximum atomic E-state index is 10.5. The largest absolute Gasteiger partial charge is 0.507 e. The summed E-state index contributed by atoms with van der Waals surface area (Å²) in [5, 5.41) is 10.5. The summed E-state index contributed by atoms with van der Waals surface area (Å²) in [6.45, 7) is 3.99. The molecular weight excluding hydrogens is 304 g/mol. The Kier molecular flexibility index (Phi) is 5.46. The van der Waals surface area contributed by atoms with Crippen molar-refractivity contribution in [1.82, 2.24) is 4.90 Å². The molecule has 0 saturated carbocycles. The van der Waals surface area contributed by atoms with E-state index in [4.69, 9.17) is 9.47 Å². The Labute approximate surface area is 142 Å². The van der Waals surface area contributed by atoms with Crippen LogP contribution in [0, 0.1) is 0 Å². The zero-order chi connectivity index (χ0) is 16.8. The molecule has 0 aromatic heterocycles. The second-order valence-electron chi connectivity index (χ2n) is 5.70. The van der Waals surface area contributed by atoms with Crippen LogP contribution in [0.15, 0.2) is 47.5 Å². The van der Waals surface area contributed by atoms with E-state index in [-0.39, 0.29) is 5.75 Å². The summed E-state index contributed by atoms with van der Waals surface area (Å²) in [6.07, 6.45) is 1.69. The highest BCUT2D eigenvalue weighted by molar-refractivity contribution is 5.86. The molecule has 0 amide bonds. The Hall–Kier alpha value is -2.37. The summed E-state index contributed by atoms with van der Waals surface area (Å²) < 4.78 is 10.6. The zero-order valence-electron chi connectivity index (χ0n) is 13.8. The fourth-order valence-electron chi connectivity index (χ4n) is 2.68. The third-order valence-electron chi connectivity index (χ3n) is 4.05. The van der Waals surface area contributed by atoms with Gasteiger partial charge in [0, 0.05) is 43.0 Å². The van der Waals surface area contributed by atoms with Crippen molar-refractivity contribution in [2.45, 2.75) is 6.54 Å². The number of hydrogen-bond donors (Lipinski definition) is 1. The van der Waals surface area contributed by atoms with Crippen LogP contribution in [0.25, 0.3) is 0 Å². The Bertz CT molecular complexity index is 710. The molecule has 0 atom stereocenters. The van der Waals surface area contributed by atoms with E-state index in [1.165, 1.54) is 0 Å². The smallest absolute Gasteiger partial charge is 0.128 e. The van der Waals surface area contributed by atoms with E-state index in [9.17, 15) is 5.11 Å². The van der Waals surface area contributed by atoms with Crippen molar-refractivity contribution in [2.24, 2.45) is 4.99 Å². The van der Waals surface area contributed by atoms with Crippen LogP contribution in [0.5, 0.6) is 11.5 Å². The van der Waals surface area contributed by atoms with Gasteiger partial charge >= 0.3 is 0 Å². The number of morpholine rings is 1. The molecule has 1 fully saturated rings. The molecule has 1 aliphatic heterocycles. The fourth-order valence-corrected chi connectivity index (χ4v) is 2.68. The van der Waals surface area contributed by atoms with E-state index in [1.807, 2.05) is 42.5 Å². The van der Waals surface area contributed by atoms with Gasteiger partial charge in [0.2, 0.25) is 0 Å². The predicted molar refractivity (Wildman–Crippen MR) is 94.5 cm³/mol. The minimum atomic E-state index is 0.288. The first kappa shape index (κ1) is 16.5. The molecule has 24 heavy (non-hydrogen) atoms. The number of phenolic OH excluding ortho intramolecular Hbond substituents is 1. The van der Waals surface area contributed by atoms with Gasteiger partial charge in [-0.2, -0.15) is 0 Å². The summed E-state index contributed by atoms with van der Waals surface area (Å²) in [5.74, 6) is 1.05. The molecule has 5 nitrogen and oxygen atoms in total. The van der Waals surface area contributed by atoms with E-state index in [1.54, 1.807) is 13.3 Å². The molecule has 1 aliphatic rings. The number of ether oxygens (including phenoxy) is 2. The molecule has 0 radical (unpaired) electrons. The quantitative estimate of drug-likeness (QED) is 0.858. The lowest BCUT2D eigenvalue weighted by atomic mass is 10.1. The maximum absolute atomic E-state index is 10.5. The van der Waals surface area contributed by atoms with Gasteiger partial charge in [0.1, 0.15) is 11.5 Å². The highest BCUT2D eigenvalue weighted by atomic mass is 16.5. The second kappa shape index (κ2) is 7.95. The highest BCUT2D eigenvalue weighted by Gasteiger charge is 2.13. The van der Waals surface area contributed by atoms with Crippen LogP contribution in [-0.2, 0) is 11.3 Å². The minimum absolute atomic E-state index is 0.288. The number of nitrogens with zero attached hydrogens (tertiary/aromatic N) is 2. The van der Waals surface area contributed by atoms with Crippen LogP contribution in [-0.4, -0.2) is 49.6 Å². The SMILES string of the molecule is COc1cccc(N=Cc2cccc(CN3CCOCC3)c2O)c1. The van der Waals surface area contributed by atoms with Crippen LogP contribution in [0.4, 0.5) is 5.69 Å². The Morgan fingerprint density at radius 1 is 1.21 bits per heavy atom. The van der Waals surface area contributed by atoms with Crippen molar-refractivity contribution < 1.29 is 14.6 Å². The van der Waals surface area contributed by atoms with Crippen LogP contribution >= 0.6 is 0 Å². The average Bonchev–Trinajstić information content (AvgIpc) is 2.63. The van der Waals surface area contributed by atoms with Crippen molar-refractivity contribution >= 4 is 11.9 Å². The van der Waals surface area contributed by atoms with E-state index in [2.05, 4.69) is 9.89 Å². The first-order valence-electron chi connectivity index (χ1n) is 8.05. The molecule has 5 heteroatoms. The second-order valence-corrected chi connectivity index (χ2v) is 5.70. The van der Waals surface area contributed by atoms with Gasteiger partial charge < -0.3 is 14.6 Å². The summed E-state index contributed by atoms with van der Waals surface area (Å²) in [4.78, 5) is 6.71. The summed E-state index contributed by atoms with van der Waals surface area (Å²) in [6, 6.07) is 13.3. The normalized spacial score (nSPS) is 15.7. The molecule has 2 aromatic carbocycles. The van der Waals surface area contributed by atoms with Gasteiger partial charge in [0.25, 0.3) is 0 Å². The Morgan fingerprint density at radius 2 is 2.00 bits per heavy atom. The van der Waals surface area contributed by atoms with Crippen molar-refractivity contribution in [3.05, 3.63) is 53.6 Å². The third kappa shape index (κ3) is 4.13. The van der Waals surface area contributed by atoms with E-state index < -0.39 is 0 Å². The number of benzene rings is 2. The van der Waals surface area contributed by atoms with Crippen molar-refractivity contribution in [1.29, 1.82) is 0 Å². The molecule has 2 aromatic rings. The molecule has 3 rings (SSSR count). The third-order valence-corrected chi connectivity index (χ3v) is 4.05. The number of hydrogen-bond acceptors (Lipinski definition) is 5. The molecule has 0 unspecified atom stereocenters. The average molecular weight is 326 g/mol. The van der Waals surface area contributed by atoms with E-state index in [0.717, 1.165) is 49.8 Å². The molecule has 0 bridgehead atoms. The molecule has 1 N–H and O–H groups in total. The summed E-state index contributed by atoms with van der Waals surface area (Å²) in [7, 11) is 1.63. The van der Waals surface area contributed by atoms with Crippen molar-refractivity contribution in [2.75, 3.05) is 33.4 Å². The minimum Gasteiger partial charge on any atom is -0.507 e. The molecule has 0 aliphatic carbocycles. The van der Waals surface area contributed by atoms with Gasteiger partial charge in [-0.05, 0) is 18.2 Å². The number of aliphatic imine (C=N–C) groups is 1. The Morgan fingerprint density at radius 3 is 2.79 bits per heavy atom. The van der Waals surface area contributed by atoms with Gasteiger partial charge in [-0.1, -0.05) is 18.2 Å². The standard InChI is InChI=1S/C19H22N2O3/c1-23-18-7-3-6-17(12-18)20-13-15-4-2-5-16(19(15)22)14-21-8-10-24-11-9-21/h2-7,12-13,22H,8-11,14H2,1H3. The lowest BCUT2D eigenvalue weighted by Crippen LogP contribution is -2.35. The first-order chi connectivity index (χ1) is 11.8. The van der Waals surface area contributed by atoms with Gasteiger partial charge in [-0.25, -0.2) is 0 Å². The topological polar surface area (TPSA) is 54.3 Å².